The molecule has 1 aromatic rings. The van der Waals surface area contributed by atoms with Crippen molar-refractivity contribution in [1.29, 1.82) is 0 Å². The van der Waals surface area contributed by atoms with Gasteiger partial charge in [-0.1, -0.05) is 22.9 Å². The van der Waals surface area contributed by atoms with Gasteiger partial charge >= 0.3 is 0 Å². The van der Waals surface area contributed by atoms with E-state index in [2.05, 4.69) is 15.9 Å². The zero-order chi connectivity index (χ0) is 14.8. The molecule has 0 spiro atoms. The lowest BCUT2D eigenvalue weighted by molar-refractivity contribution is -0.384. The highest BCUT2D eigenvalue weighted by atomic mass is 79.9. The third-order valence-corrected chi connectivity index (χ3v) is 7.43. The maximum atomic E-state index is 11.8. The molecule has 0 aliphatic heterocycles. The minimum Gasteiger partial charge on any atom is -0.386 e. The Morgan fingerprint density at radius 2 is 1.89 bits per heavy atom. The number of nitro benzene ring substituents is 1. The molecule has 2 atom stereocenters. The number of aliphatic hydroxyl groups excluding tert-OH is 1. The predicted molar refractivity (Wildman–Crippen MR) is 74.8 cm³/mol. The van der Waals surface area contributed by atoms with Crippen molar-refractivity contribution in [2.24, 2.45) is 0 Å². The highest BCUT2D eigenvalue weighted by molar-refractivity contribution is 9.11. The summed E-state index contributed by atoms with van der Waals surface area (Å²) in [5.74, 6) is 0. The lowest BCUT2D eigenvalue weighted by Crippen LogP contribution is -2.37. The molecular formula is C11H14BrNO5S. The summed E-state index contributed by atoms with van der Waals surface area (Å²) >= 11 is 3.08. The molecule has 0 unspecified atom stereocenters. The number of benzene rings is 1. The molecule has 1 rings (SSSR count). The second-order valence-electron chi connectivity index (χ2n) is 4.16. The summed E-state index contributed by atoms with van der Waals surface area (Å²) in [6.45, 7) is 1.63. The van der Waals surface area contributed by atoms with Crippen LogP contribution < -0.4 is 0 Å². The van der Waals surface area contributed by atoms with Crippen molar-refractivity contribution in [3.8, 4) is 0 Å². The average molecular weight is 352 g/mol. The lowest BCUT2D eigenvalue weighted by Gasteiger charge is -2.29. The Labute approximate surface area is 119 Å². The number of hydrogen-bond donors (Lipinski definition) is 1. The Bertz CT molecular complexity index is 571. The van der Waals surface area contributed by atoms with Crippen LogP contribution in [0.5, 0.6) is 0 Å². The smallest absolute Gasteiger partial charge is 0.269 e. The zero-order valence-electron chi connectivity index (χ0n) is 10.4. The fraction of sp³-hybridized carbons (Fsp3) is 0.455. The summed E-state index contributed by atoms with van der Waals surface area (Å²) in [5, 5.41) is 20.7. The van der Waals surface area contributed by atoms with Gasteiger partial charge in [-0.05, 0) is 24.1 Å². The fourth-order valence-electron chi connectivity index (χ4n) is 1.69. The number of sulfone groups is 1. The van der Waals surface area contributed by atoms with Crippen molar-refractivity contribution >= 4 is 31.5 Å². The maximum Gasteiger partial charge on any atom is 0.269 e. The molecule has 0 fully saturated rings. The first kappa shape index (κ1) is 16.1. The molecule has 1 aromatic carbocycles. The van der Waals surface area contributed by atoms with Crippen molar-refractivity contribution in [1.82, 2.24) is 0 Å². The van der Waals surface area contributed by atoms with E-state index >= 15 is 0 Å². The van der Waals surface area contributed by atoms with Crippen LogP contribution in [0.15, 0.2) is 24.3 Å². The zero-order valence-corrected chi connectivity index (χ0v) is 12.8. The fourth-order valence-corrected chi connectivity index (χ4v) is 3.02. The number of non-ortho nitro benzene ring substituents is 1. The number of hydrogen-bond acceptors (Lipinski definition) is 5. The molecule has 106 valence electrons. The monoisotopic (exact) mass is 351 g/mol. The van der Waals surface area contributed by atoms with Crippen molar-refractivity contribution in [3.63, 3.8) is 0 Å². The van der Waals surface area contributed by atoms with Gasteiger partial charge in [-0.25, -0.2) is 8.42 Å². The molecule has 19 heavy (non-hydrogen) atoms. The number of rotatable bonds is 5. The van der Waals surface area contributed by atoms with Crippen molar-refractivity contribution in [2.75, 3.05) is 6.26 Å². The maximum absolute atomic E-state index is 11.8. The molecule has 0 bridgehead atoms. The van der Waals surface area contributed by atoms with Crippen LogP contribution in [-0.2, 0) is 9.84 Å². The topological polar surface area (TPSA) is 97.5 Å². The van der Waals surface area contributed by atoms with Crippen LogP contribution in [0.4, 0.5) is 5.69 Å². The number of nitrogens with zero attached hydrogens (tertiary/aromatic N) is 1. The summed E-state index contributed by atoms with van der Waals surface area (Å²) in [4.78, 5) is 9.97. The van der Waals surface area contributed by atoms with E-state index in [1.54, 1.807) is 6.92 Å². The Hall–Kier alpha value is -0.990. The van der Waals surface area contributed by atoms with E-state index in [1.807, 2.05) is 0 Å². The van der Waals surface area contributed by atoms with Gasteiger partial charge in [0.15, 0.2) is 13.5 Å². The van der Waals surface area contributed by atoms with Crippen LogP contribution in [0.3, 0.4) is 0 Å². The first-order valence-electron chi connectivity index (χ1n) is 5.44. The van der Waals surface area contributed by atoms with Gasteiger partial charge in [-0.2, -0.15) is 0 Å². The third-order valence-electron chi connectivity index (χ3n) is 2.93. The second kappa shape index (κ2) is 5.56. The van der Waals surface area contributed by atoms with E-state index in [4.69, 9.17) is 0 Å². The van der Waals surface area contributed by atoms with Gasteiger partial charge in [0.05, 0.1) is 4.92 Å². The van der Waals surface area contributed by atoms with E-state index in [1.165, 1.54) is 24.3 Å². The third kappa shape index (κ3) is 3.13. The van der Waals surface area contributed by atoms with Crippen LogP contribution in [-0.4, -0.2) is 28.4 Å². The molecule has 0 aliphatic carbocycles. The number of nitro groups is 1. The van der Waals surface area contributed by atoms with Crippen LogP contribution in [0.1, 0.15) is 25.0 Å². The second-order valence-corrected chi connectivity index (χ2v) is 8.38. The van der Waals surface area contributed by atoms with Crippen LogP contribution in [0, 0.1) is 10.1 Å². The molecule has 0 saturated carbocycles. The van der Waals surface area contributed by atoms with Crippen LogP contribution >= 0.6 is 15.9 Å². The summed E-state index contributed by atoms with van der Waals surface area (Å²) in [7, 11) is -3.56. The summed E-state index contributed by atoms with van der Waals surface area (Å²) in [6.07, 6.45) is -0.127. The van der Waals surface area contributed by atoms with Crippen LogP contribution in [0.2, 0.25) is 0 Å². The number of alkyl halides is 1. The normalized spacial score (nSPS) is 16.6. The Kier molecular flexibility index (Phi) is 4.70. The van der Waals surface area contributed by atoms with Gasteiger partial charge < -0.3 is 5.11 Å². The molecule has 0 radical (unpaired) electrons. The quantitative estimate of drug-likeness (QED) is 0.498. The first-order valence-corrected chi connectivity index (χ1v) is 8.13. The van der Waals surface area contributed by atoms with E-state index in [9.17, 15) is 23.6 Å². The largest absolute Gasteiger partial charge is 0.386 e. The Morgan fingerprint density at radius 3 is 2.21 bits per heavy atom. The van der Waals surface area contributed by atoms with Gasteiger partial charge in [-0.15, -0.1) is 0 Å². The lowest BCUT2D eigenvalue weighted by atomic mass is 10.0. The highest BCUT2D eigenvalue weighted by Crippen LogP contribution is 2.41. The first-order chi connectivity index (χ1) is 8.63. The van der Waals surface area contributed by atoms with Gasteiger partial charge in [-0.3, -0.25) is 10.1 Å². The molecular weight excluding hydrogens is 338 g/mol. The van der Waals surface area contributed by atoms with E-state index in [0.717, 1.165) is 6.26 Å². The minimum absolute atomic E-state index is 0.119. The Morgan fingerprint density at radius 1 is 1.42 bits per heavy atom. The van der Waals surface area contributed by atoms with Crippen molar-refractivity contribution in [3.05, 3.63) is 39.9 Å². The van der Waals surface area contributed by atoms with E-state index < -0.39 is 24.5 Å². The summed E-state index contributed by atoms with van der Waals surface area (Å²) < 4.78 is 22.0. The highest BCUT2D eigenvalue weighted by Gasteiger charge is 2.44. The van der Waals surface area contributed by atoms with Crippen molar-refractivity contribution < 1.29 is 18.4 Å². The molecule has 6 nitrogen and oxygen atoms in total. The SMILES string of the molecule is CC[C@@](Br)([C@H](O)c1ccc([N+](=O)[O-])cc1)S(C)(=O)=O. The van der Waals surface area contributed by atoms with E-state index in [0.29, 0.717) is 5.56 Å². The molecule has 1 N–H and O–H groups in total. The Balaban J connectivity index is 3.19. The number of aliphatic hydroxyl groups is 1. The molecule has 0 amide bonds. The van der Waals surface area contributed by atoms with Crippen LogP contribution in [0.25, 0.3) is 0 Å². The summed E-state index contributed by atoms with van der Waals surface area (Å²) in [6, 6.07) is 5.15. The molecule has 0 aromatic heterocycles. The molecule has 0 heterocycles. The average Bonchev–Trinajstić information content (AvgIpc) is 2.35. The standard InChI is InChI=1S/C11H14BrNO5S/c1-3-11(12,19(2,17)18)10(14)8-4-6-9(7-5-8)13(15)16/h4-7,10,14H,3H2,1-2H3/t10-,11+/m1/s1. The van der Waals surface area contributed by atoms with Gasteiger partial charge in [0.25, 0.3) is 5.69 Å². The minimum atomic E-state index is -3.56. The summed E-state index contributed by atoms with van der Waals surface area (Å²) in [5.41, 5.74) is 0.182. The predicted octanol–water partition coefficient (Wildman–Crippen LogP) is 2.17. The molecule has 0 saturated heterocycles. The van der Waals surface area contributed by atoms with Crippen molar-refractivity contribution in [2.45, 2.75) is 23.1 Å². The molecule has 0 aliphatic rings. The van der Waals surface area contributed by atoms with Gasteiger partial charge in [0.1, 0.15) is 6.10 Å². The van der Waals surface area contributed by atoms with Gasteiger partial charge in [0.2, 0.25) is 0 Å². The number of halogens is 1. The van der Waals surface area contributed by atoms with E-state index in [-0.39, 0.29) is 12.1 Å². The molecule has 8 heteroatoms. The van der Waals surface area contributed by atoms with Gasteiger partial charge in [0, 0.05) is 18.4 Å².